The van der Waals surface area contributed by atoms with Gasteiger partial charge in [0.25, 0.3) is 5.69 Å². The van der Waals surface area contributed by atoms with Crippen LogP contribution < -0.4 is 0 Å². The summed E-state index contributed by atoms with van der Waals surface area (Å²) in [4.78, 5) is 10.4. The molecule has 1 N–H and O–H groups in total. The van der Waals surface area contributed by atoms with Gasteiger partial charge in [-0.25, -0.2) is 0 Å². The minimum absolute atomic E-state index is 0.00291. The lowest BCUT2D eigenvalue weighted by Gasteiger charge is -2.32. The quantitative estimate of drug-likeness (QED) is 0.344. The molecule has 7 heteroatoms. The van der Waals surface area contributed by atoms with Crippen LogP contribution in [-0.4, -0.2) is 28.4 Å². The molecular formula is C21H28BNO5. The molecule has 0 saturated carbocycles. The average molecular weight is 385 g/mol. The summed E-state index contributed by atoms with van der Waals surface area (Å²) in [5.74, 6) is 0. The second kappa shape index (κ2) is 7.81. The van der Waals surface area contributed by atoms with Crippen LogP contribution in [0.5, 0.6) is 0 Å². The Morgan fingerprint density at radius 1 is 1.25 bits per heavy atom. The van der Waals surface area contributed by atoms with E-state index in [-0.39, 0.29) is 24.0 Å². The van der Waals surface area contributed by atoms with E-state index in [1.54, 1.807) is 12.1 Å². The number of aliphatic hydroxyl groups is 1. The highest BCUT2D eigenvalue weighted by atomic mass is 16.7. The number of rotatable bonds is 5. The molecule has 28 heavy (non-hydrogen) atoms. The van der Waals surface area contributed by atoms with E-state index in [1.165, 1.54) is 23.2 Å². The summed E-state index contributed by atoms with van der Waals surface area (Å²) >= 11 is 0. The molecule has 150 valence electrons. The van der Waals surface area contributed by atoms with Crippen molar-refractivity contribution in [1.29, 1.82) is 0 Å². The maximum Gasteiger partial charge on any atom is 0.490 e. The van der Waals surface area contributed by atoms with E-state index in [9.17, 15) is 15.2 Å². The number of nitro groups is 1. The zero-order valence-electron chi connectivity index (χ0n) is 17.0. The van der Waals surface area contributed by atoms with Gasteiger partial charge in [-0.15, -0.1) is 0 Å². The predicted octanol–water partition coefficient (Wildman–Crippen LogP) is 4.69. The van der Waals surface area contributed by atoms with Crippen molar-refractivity contribution in [1.82, 2.24) is 0 Å². The largest absolute Gasteiger partial charge is 0.490 e. The predicted molar refractivity (Wildman–Crippen MR) is 109 cm³/mol. The van der Waals surface area contributed by atoms with E-state index in [0.29, 0.717) is 12.0 Å². The fraction of sp³-hybridized carbons (Fsp3) is 0.524. The van der Waals surface area contributed by atoms with E-state index in [0.717, 1.165) is 19.3 Å². The van der Waals surface area contributed by atoms with Crippen LogP contribution in [0.4, 0.5) is 5.69 Å². The average Bonchev–Trinajstić information content (AvgIpc) is 2.87. The SMILES string of the molecule is CC1(C)OB(C2=CC/C(=C/CC(O)c3cccc([N+](=O)[O-])c3)CC2)OC1(C)C. The zero-order valence-corrected chi connectivity index (χ0v) is 17.0. The first-order valence-electron chi connectivity index (χ1n) is 9.74. The Hall–Kier alpha value is -1.96. The maximum absolute atomic E-state index is 10.9. The van der Waals surface area contributed by atoms with Crippen molar-refractivity contribution in [2.75, 3.05) is 0 Å². The number of hydrogen-bond acceptors (Lipinski definition) is 5. The van der Waals surface area contributed by atoms with Gasteiger partial charge in [0.15, 0.2) is 0 Å². The minimum Gasteiger partial charge on any atom is -0.400 e. The van der Waals surface area contributed by atoms with Crippen LogP contribution in [0, 0.1) is 10.1 Å². The smallest absolute Gasteiger partial charge is 0.400 e. The summed E-state index contributed by atoms with van der Waals surface area (Å²) in [5.41, 5.74) is 2.32. The highest BCUT2D eigenvalue weighted by Crippen LogP contribution is 2.40. The number of benzene rings is 1. The van der Waals surface area contributed by atoms with Crippen LogP contribution in [-0.2, 0) is 9.31 Å². The topological polar surface area (TPSA) is 81.8 Å². The molecule has 1 heterocycles. The molecule has 1 fully saturated rings. The minimum atomic E-state index is -0.749. The summed E-state index contributed by atoms with van der Waals surface area (Å²) in [7, 11) is -0.290. The van der Waals surface area contributed by atoms with Gasteiger partial charge in [-0.2, -0.15) is 0 Å². The zero-order chi connectivity index (χ0) is 20.5. The molecule has 0 aromatic heterocycles. The van der Waals surface area contributed by atoms with Crippen molar-refractivity contribution < 1.29 is 19.3 Å². The van der Waals surface area contributed by atoms with Crippen molar-refractivity contribution in [3.05, 3.63) is 63.1 Å². The first kappa shape index (κ1) is 20.8. The van der Waals surface area contributed by atoms with Crippen LogP contribution in [0.15, 0.2) is 47.5 Å². The molecule has 3 rings (SSSR count). The van der Waals surface area contributed by atoms with Gasteiger partial charge in [0.2, 0.25) is 0 Å². The van der Waals surface area contributed by atoms with Crippen molar-refractivity contribution in [2.45, 2.75) is 70.7 Å². The van der Waals surface area contributed by atoms with Crippen LogP contribution in [0.2, 0.25) is 0 Å². The molecule has 6 nitrogen and oxygen atoms in total. The van der Waals surface area contributed by atoms with Gasteiger partial charge in [0.1, 0.15) is 0 Å². The fourth-order valence-electron chi connectivity index (χ4n) is 3.43. The molecule has 1 saturated heterocycles. The molecule has 0 bridgehead atoms. The van der Waals surface area contributed by atoms with Crippen molar-refractivity contribution >= 4 is 12.8 Å². The van der Waals surface area contributed by atoms with E-state index in [1.807, 2.05) is 6.08 Å². The Kier molecular flexibility index (Phi) is 5.80. The Bertz CT molecular complexity index is 799. The number of nitrogens with zero attached hydrogens (tertiary/aromatic N) is 1. The molecule has 1 aromatic rings. The van der Waals surface area contributed by atoms with E-state index < -0.39 is 11.0 Å². The molecule has 1 aliphatic heterocycles. The summed E-state index contributed by atoms with van der Waals surface area (Å²) in [6.45, 7) is 8.21. The third-order valence-corrected chi connectivity index (χ3v) is 6.01. The van der Waals surface area contributed by atoms with Gasteiger partial charge in [0, 0.05) is 12.1 Å². The highest BCUT2D eigenvalue weighted by Gasteiger charge is 2.52. The Morgan fingerprint density at radius 2 is 1.93 bits per heavy atom. The van der Waals surface area contributed by atoms with Crippen LogP contribution in [0.1, 0.15) is 65.0 Å². The molecule has 1 aromatic carbocycles. The first-order valence-corrected chi connectivity index (χ1v) is 9.74. The second-order valence-electron chi connectivity index (χ2n) is 8.54. The second-order valence-corrected chi connectivity index (χ2v) is 8.54. The number of non-ortho nitro benzene ring substituents is 1. The molecule has 0 spiro atoms. The normalized spacial score (nSPS) is 23.5. The molecule has 1 aliphatic carbocycles. The van der Waals surface area contributed by atoms with Crippen LogP contribution in [0.25, 0.3) is 0 Å². The maximum atomic E-state index is 10.9. The van der Waals surface area contributed by atoms with Gasteiger partial charge >= 0.3 is 7.12 Å². The van der Waals surface area contributed by atoms with Gasteiger partial charge in [0.05, 0.1) is 22.2 Å². The van der Waals surface area contributed by atoms with Gasteiger partial charge in [-0.1, -0.05) is 29.9 Å². The lowest BCUT2D eigenvalue weighted by molar-refractivity contribution is -0.385. The van der Waals surface area contributed by atoms with E-state index in [2.05, 4.69) is 33.8 Å². The van der Waals surface area contributed by atoms with E-state index >= 15 is 0 Å². The molecule has 2 aliphatic rings. The molecule has 0 amide bonds. The Labute approximate surface area is 166 Å². The van der Waals surface area contributed by atoms with Gasteiger partial charge < -0.3 is 14.4 Å². The van der Waals surface area contributed by atoms with Crippen LogP contribution >= 0.6 is 0 Å². The third-order valence-electron chi connectivity index (χ3n) is 6.01. The third kappa shape index (κ3) is 4.37. The van der Waals surface area contributed by atoms with Crippen molar-refractivity contribution in [3.63, 3.8) is 0 Å². The monoisotopic (exact) mass is 385 g/mol. The van der Waals surface area contributed by atoms with E-state index in [4.69, 9.17) is 9.31 Å². The Morgan fingerprint density at radius 3 is 2.50 bits per heavy atom. The molecule has 0 radical (unpaired) electrons. The standard InChI is InChI=1S/C21H28BNO5/c1-20(2)21(3,4)28-22(27-20)17-11-8-15(9-12-17)10-13-19(24)16-6-5-7-18(14-16)23(25)26/h5-7,10-11,14,19,24H,8-9,12-13H2,1-4H3/b15-10-. The molecule has 1 unspecified atom stereocenters. The summed E-state index contributed by atoms with van der Waals surface area (Å²) in [6.07, 6.45) is 6.48. The number of nitro benzene ring substituents is 1. The van der Waals surface area contributed by atoms with Crippen LogP contribution in [0.3, 0.4) is 0 Å². The summed E-state index contributed by atoms with van der Waals surface area (Å²) < 4.78 is 12.2. The summed E-state index contributed by atoms with van der Waals surface area (Å²) in [5, 5.41) is 21.3. The number of aliphatic hydroxyl groups excluding tert-OH is 1. The van der Waals surface area contributed by atoms with Crippen molar-refractivity contribution in [2.24, 2.45) is 0 Å². The number of hydrogen-bond donors (Lipinski definition) is 1. The number of allylic oxidation sites excluding steroid dienone is 3. The summed E-state index contributed by atoms with van der Waals surface area (Å²) in [6, 6.07) is 6.18. The lowest BCUT2D eigenvalue weighted by Crippen LogP contribution is -2.41. The molecular weight excluding hydrogens is 357 g/mol. The first-order chi connectivity index (χ1) is 13.1. The molecule has 1 atom stereocenters. The fourth-order valence-corrected chi connectivity index (χ4v) is 3.43. The van der Waals surface area contributed by atoms with Gasteiger partial charge in [-0.05, 0) is 64.4 Å². The Balaban J connectivity index is 1.59. The lowest BCUT2D eigenvalue weighted by atomic mass is 9.71. The van der Waals surface area contributed by atoms with Crippen molar-refractivity contribution in [3.8, 4) is 0 Å². The highest BCUT2D eigenvalue weighted by molar-refractivity contribution is 6.54. The van der Waals surface area contributed by atoms with Gasteiger partial charge in [-0.3, -0.25) is 10.1 Å².